The largest absolute Gasteiger partial charge is 0.0991 e. The highest BCUT2D eigenvalue weighted by Crippen LogP contribution is 2.30. The van der Waals surface area contributed by atoms with Gasteiger partial charge in [-0.05, 0) is 24.5 Å². The first-order valence-corrected chi connectivity index (χ1v) is 8.74. The van der Waals surface area contributed by atoms with Gasteiger partial charge < -0.3 is 0 Å². The molecule has 0 N–H and O–H groups in total. The summed E-state index contributed by atoms with van der Waals surface area (Å²) in [6.07, 6.45) is 9.50. The maximum atomic E-state index is 3.92. The van der Waals surface area contributed by atoms with E-state index in [9.17, 15) is 0 Å². The van der Waals surface area contributed by atoms with Crippen molar-refractivity contribution in [1.29, 1.82) is 0 Å². The minimum atomic E-state index is 0.451. The normalized spacial score (nSPS) is 11.8. The Labute approximate surface area is 148 Å². The van der Waals surface area contributed by atoms with Gasteiger partial charge in [0.05, 0.1) is 0 Å². The number of allylic oxidation sites excluding steroid dienone is 4. The topological polar surface area (TPSA) is 0 Å². The first-order chi connectivity index (χ1) is 11.7. The second kappa shape index (κ2) is 12.1. The van der Waals surface area contributed by atoms with E-state index in [1.807, 2.05) is 30.4 Å². The molecule has 0 aliphatic heterocycles. The average molecular weight is 319 g/mol. The lowest BCUT2D eigenvalue weighted by atomic mass is 9.86. The van der Waals surface area contributed by atoms with Crippen LogP contribution in [0, 0.1) is 6.92 Å². The fraction of sp³-hybridized carbons (Fsp3) is 0.250. The lowest BCUT2D eigenvalue weighted by molar-refractivity contribution is 0.650. The van der Waals surface area contributed by atoms with Crippen molar-refractivity contribution in [3.8, 4) is 0 Å². The zero-order valence-corrected chi connectivity index (χ0v) is 15.1. The first kappa shape index (κ1) is 19.7. The van der Waals surface area contributed by atoms with Gasteiger partial charge in [-0.15, -0.1) is 0 Å². The van der Waals surface area contributed by atoms with E-state index in [1.165, 1.54) is 36.0 Å². The molecule has 0 fully saturated rings. The lowest BCUT2D eigenvalue weighted by Gasteiger charge is -2.18. The van der Waals surface area contributed by atoms with E-state index < -0.39 is 0 Å². The number of unbranched alkanes of at least 4 members (excludes halogenated alkanes) is 1. The second-order valence-corrected chi connectivity index (χ2v) is 5.87. The van der Waals surface area contributed by atoms with Crippen molar-refractivity contribution in [3.05, 3.63) is 109 Å². The molecular formula is C24H30. The van der Waals surface area contributed by atoms with Crippen LogP contribution in [0.25, 0.3) is 0 Å². The Hall–Kier alpha value is -2.34. The molecule has 0 heterocycles. The van der Waals surface area contributed by atoms with E-state index in [4.69, 9.17) is 0 Å². The van der Waals surface area contributed by atoms with Crippen molar-refractivity contribution < 1.29 is 0 Å². The van der Waals surface area contributed by atoms with Gasteiger partial charge in [0.25, 0.3) is 0 Å². The highest BCUT2D eigenvalue weighted by molar-refractivity contribution is 5.35. The maximum absolute atomic E-state index is 3.92. The third-order valence-electron chi connectivity index (χ3n) is 3.94. The van der Waals surface area contributed by atoms with Crippen LogP contribution in [0.3, 0.4) is 0 Å². The van der Waals surface area contributed by atoms with Crippen LogP contribution in [0.15, 0.2) is 97.6 Å². The summed E-state index contributed by atoms with van der Waals surface area (Å²) in [4.78, 5) is 0. The van der Waals surface area contributed by atoms with Crippen LogP contribution in [0.2, 0.25) is 0 Å². The number of hydrogen-bond acceptors (Lipinski definition) is 0. The molecule has 2 aromatic carbocycles. The van der Waals surface area contributed by atoms with E-state index in [0.717, 1.165) is 0 Å². The molecule has 0 spiro atoms. The maximum Gasteiger partial charge on any atom is 0.00891 e. The summed E-state index contributed by atoms with van der Waals surface area (Å²) in [5, 5.41) is 0. The summed E-state index contributed by atoms with van der Waals surface area (Å²) in [6.45, 7) is 12.0. The molecule has 0 saturated carbocycles. The highest BCUT2D eigenvalue weighted by atomic mass is 14.2. The summed E-state index contributed by atoms with van der Waals surface area (Å²) in [6, 6.07) is 20.9. The third kappa shape index (κ3) is 7.28. The van der Waals surface area contributed by atoms with E-state index in [2.05, 4.69) is 75.5 Å². The molecule has 0 amide bonds. The molecule has 0 aliphatic carbocycles. The van der Waals surface area contributed by atoms with E-state index >= 15 is 0 Å². The molecule has 0 aliphatic rings. The fourth-order valence-corrected chi connectivity index (χ4v) is 2.62. The molecule has 0 heteroatoms. The van der Waals surface area contributed by atoms with Crippen molar-refractivity contribution >= 4 is 0 Å². The van der Waals surface area contributed by atoms with Gasteiger partial charge in [0.2, 0.25) is 0 Å². The van der Waals surface area contributed by atoms with Gasteiger partial charge in [0.15, 0.2) is 0 Å². The lowest BCUT2D eigenvalue weighted by Crippen LogP contribution is -2.01. The summed E-state index contributed by atoms with van der Waals surface area (Å²) >= 11 is 0. The molecule has 126 valence electrons. The van der Waals surface area contributed by atoms with Crippen LogP contribution in [-0.2, 0) is 0 Å². The molecule has 0 aromatic heterocycles. The monoisotopic (exact) mass is 318 g/mol. The van der Waals surface area contributed by atoms with E-state index in [0.29, 0.717) is 5.92 Å². The van der Waals surface area contributed by atoms with Crippen LogP contribution < -0.4 is 0 Å². The zero-order chi connectivity index (χ0) is 17.6. The summed E-state index contributed by atoms with van der Waals surface area (Å²) in [5.74, 6) is 0.451. The second-order valence-electron chi connectivity index (χ2n) is 5.87. The Balaban J connectivity index is 0.000000341. The predicted octanol–water partition coefficient (Wildman–Crippen LogP) is 7.25. The summed E-state index contributed by atoms with van der Waals surface area (Å²) < 4.78 is 0. The van der Waals surface area contributed by atoms with Crippen molar-refractivity contribution in [2.75, 3.05) is 0 Å². The zero-order valence-electron chi connectivity index (χ0n) is 15.1. The van der Waals surface area contributed by atoms with Gasteiger partial charge in [0, 0.05) is 5.92 Å². The molecule has 1 atom stereocenters. The minimum absolute atomic E-state index is 0.451. The molecular weight excluding hydrogens is 288 g/mol. The van der Waals surface area contributed by atoms with Crippen LogP contribution in [0.4, 0.5) is 0 Å². The van der Waals surface area contributed by atoms with Crippen LogP contribution in [-0.4, -0.2) is 0 Å². The van der Waals surface area contributed by atoms with Crippen molar-refractivity contribution in [1.82, 2.24) is 0 Å². The van der Waals surface area contributed by atoms with Gasteiger partial charge in [-0.2, -0.15) is 0 Å². The fourth-order valence-electron chi connectivity index (χ4n) is 2.62. The van der Waals surface area contributed by atoms with Crippen LogP contribution in [0.1, 0.15) is 43.2 Å². The van der Waals surface area contributed by atoms with Gasteiger partial charge in [-0.1, -0.05) is 117 Å². The Bertz CT molecular complexity index is 605. The van der Waals surface area contributed by atoms with Crippen molar-refractivity contribution in [2.45, 2.75) is 39.0 Å². The van der Waals surface area contributed by atoms with Crippen LogP contribution in [0.5, 0.6) is 0 Å². The van der Waals surface area contributed by atoms with E-state index in [-0.39, 0.29) is 0 Å². The predicted molar refractivity (Wildman–Crippen MR) is 108 cm³/mol. The minimum Gasteiger partial charge on any atom is -0.0991 e. The number of aryl methyl sites for hydroxylation is 1. The van der Waals surface area contributed by atoms with Gasteiger partial charge in [0.1, 0.15) is 0 Å². The van der Waals surface area contributed by atoms with Crippen molar-refractivity contribution in [3.63, 3.8) is 0 Å². The molecule has 0 nitrogen and oxygen atoms in total. The molecule has 0 bridgehead atoms. The Morgan fingerprint density at radius 3 is 1.96 bits per heavy atom. The molecule has 24 heavy (non-hydrogen) atoms. The van der Waals surface area contributed by atoms with E-state index in [1.54, 1.807) is 0 Å². The van der Waals surface area contributed by atoms with Gasteiger partial charge in [-0.3, -0.25) is 0 Å². The Morgan fingerprint density at radius 1 is 0.958 bits per heavy atom. The quantitative estimate of drug-likeness (QED) is 0.471. The van der Waals surface area contributed by atoms with Crippen molar-refractivity contribution in [2.24, 2.45) is 0 Å². The number of rotatable bonds is 7. The number of hydrogen-bond donors (Lipinski definition) is 0. The number of benzene rings is 2. The standard InChI is InChI=1S/C17H22.C7H8/c1-4-7-14-17(15(6-3)11-5-2)16-12-9-8-10-13-16;1-7-5-3-2-4-6-7/h5-6,8-13,17H,2-4,7,14H2,1H3;2-6H,1H3/b15-11+;. The summed E-state index contributed by atoms with van der Waals surface area (Å²) in [7, 11) is 0. The Kier molecular flexibility index (Phi) is 9.96. The van der Waals surface area contributed by atoms with Crippen LogP contribution >= 0.6 is 0 Å². The molecule has 2 rings (SSSR count). The smallest absolute Gasteiger partial charge is 0.00891 e. The first-order valence-electron chi connectivity index (χ1n) is 8.74. The molecule has 0 radical (unpaired) electrons. The molecule has 1 unspecified atom stereocenters. The average Bonchev–Trinajstić information content (AvgIpc) is 2.63. The molecule has 2 aromatic rings. The highest BCUT2D eigenvalue weighted by Gasteiger charge is 2.13. The third-order valence-corrected chi connectivity index (χ3v) is 3.94. The van der Waals surface area contributed by atoms with Gasteiger partial charge in [-0.25, -0.2) is 0 Å². The summed E-state index contributed by atoms with van der Waals surface area (Å²) in [5.41, 5.74) is 3.95. The van der Waals surface area contributed by atoms with Gasteiger partial charge >= 0.3 is 0 Å². The Morgan fingerprint density at radius 2 is 1.54 bits per heavy atom. The SMILES string of the molecule is C=C/C=C(\C=C)C(CCCC)c1ccccc1.Cc1ccccc1. The molecule has 0 saturated heterocycles.